The van der Waals surface area contributed by atoms with E-state index >= 15 is 0 Å². The Morgan fingerprint density at radius 1 is 1.23 bits per heavy atom. The van der Waals surface area contributed by atoms with Gasteiger partial charge in [0.25, 0.3) is 0 Å². The summed E-state index contributed by atoms with van der Waals surface area (Å²) in [4.78, 5) is 0.317. The first-order valence-electron chi connectivity index (χ1n) is 3.79. The molecule has 13 heavy (non-hydrogen) atoms. The van der Waals surface area contributed by atoms with Gasteiger partial charge in [0.05, 0.1) is 4.90 Å². The average molecular weight is 219 g/mol. The first-order valence-corrected chi connectivity index (χ1v) is 6.06. The van der Waals surface area contributed by atoms with Crippen LogP contribution >= 0.6 is 11.6 Å². The zero-order valence-corrected chi connectivity index (χ0v) is 9.33. The van der Waals surface area contributed by atoms with Crippen LogP contribution in [0.25, 0.3) is 0 Å². The minimum atomic E-state index is -3.16. The van der Waals surface area contributed by atoms with Crippen molar-refractivity contribution in [2.24, 2.45) is 0 Å². The highest BCUT2D eigenvalue weighted by Gasteiger charge is 2.13. The van der Waals surface area contributed by atoms with Gasteiger partial charge in [-0.25, -0.2) is 8.42 Å². The van der Waals surface area contributed by atoms with Gasteiger partial charge in [0.2, 0.25) is 0 Å². The molecule has 0 saturated heterocycles. The lowest BCUT2D eigenvalue weighted by Crippen LogP contribution is -2.01. The summed E-state index contributed by atoms with van der Waals surface area (Å²) in [5, 5.41) is 0.500. The van der Waals surface area contributed by atoms with Crippen LogP contribution in [0.5, 0.6) is 0 Å². The monoisotopic (exact) mass is 218 g/mol. The van der Waals surface area contributed by atoms with Gasteiger partial charge in [-0.05, 0) is 37.1 Å². The van der Waals surface area contributed by atoms with Gasteiger partial charge in [-0.3, -0.25) is 0 Å². The summed E-state index contributed by atoms with van der Waals surface area (Å²) >= 11 is 5.86. The Labute approximate surface area is 83.5 Å². The van der Waals surface area contributed by atoms with E-state index in [4.69, 9.17) is 11.6 Å². The summed E-state index contributed by atoms with van der Waals surface area (Å²) in [6, 6.07) is 3.39. The zero-order valence-electron chi connectivity index (χ0n) is 7.76. The summed E-state index contributed by atoms with van der Waals surface area (Å²) in [6.45, 7) is 3.53. The average Bonchev–Trinajstić information content (AvgIpc) is 1.94. The van der Waals surface area contributed by atoms with Crippen molar-refractivity contribution in [1.29, 1.82) is 0 Å². The van der Waals surface area contributed by atoms with Gasteiger partial charge in [-0.15, -0.1) is 0 Å². The van der Waals surface area contributed by atoms with Crippen molar-refractivity contribution in [3.05, 3.63) is 28.3 Å². The maximum atomic E-state index is 11.3. The second kappa shape index (κ2) is 3.31. The van der Waals surface area contributed by atoms with Crippen molar-refractivity contribution in [1.82, 2.24) is 0 Å². The minimum absolute atomic E-state index is 0.317. The van der Waals surface area contributed by atoms with Crippen LogP contribution in [0, 0.1) is 13.8 Å². The number of rotatable bonds is 1. The van der Waals surface area contributed by atoms with E-state index in [2.05, 4.69) is 0 Å². The molecule has 4 heteroatoms. The molecule has 0 spiro atoms. The molecule has 0 fully saturated rings. The SMILES string of the molecule is Cc1cc(Cl)c(C)c(S(C)(=O)=O)c1. The van der Waals surface area contributed by atoms with Gasteiger partial charge in [0.15, 0.2) is 9.84 Å². The number of aryl methyl sites for hydroxylation is 1. The van der Waals surface area contributed by atoms with E-state index in [1.165, 1.54) is 6.26 Å². The van der Waals surface area contributed by atoms with E-state index in [1.54, 1.807) is 19.1 Å². The van der Waals surface area contributed by atoms with Crippen molar-refractivity contribution in [2.75, 3.05) is 6.26 Å². The molecule has 0 bridgehead atoms. The fourth-order valence-corrected chi connectivity index (χ4v) is 2.56. The highest BCUT2D eigenvalue weighted by atomic mass is 35.5. The number of sulfone groups is 1. The normalized spacial score (nSPS) is 11.7. The van der Waals surface area contributed by atoms with Crippen LogP contribution in [0.1, 0.15) is 11.1 Å². The van der Waals surface area contributed by atoms with Crippen LogP contribution in [0.2, 0.25) is 5.02 Å². The van der Waals surface area contributed by atoms with E-state index in [9.17, 15) is 8.42 Å². The quantitative estimate of drug-likeness (QED) is 0.725. The van der Waals surface area contributed by atoms with Crippen LogP contribution in [0.3, 0.4) is 0 Å². The van der Waals surface area contributed by atoms with Crippen LogP contribution in [0.15, 0.2) is 17.0 Å². The van der Waals surface area contributed by atoms with Crippen molar-refractivity contribution in [3.63, 3.8) is 0 Å². The van der Waals surface area contributed by atoms with Crippen molar-refractivity contribution in [2.45, 2.75) is 18.7 Å². The van der Waals surface area contributed by atoms with E-state index in [0.717, 1.165) is 5.56 Å². The molecule has 1 aromatic carbocycles. The Kier molecular flexibility index (Phi) is 2.68. The van der Waals surface area contributed by atoms with Crippen LogP contribution in [-0.4, -0.2) is 14.7 Å². The van der Waals surface area contributed by atoms with E-state index in [0.29, 0.717) is 15.5 Å². The molecular weight excluding hydrogens is 208 g/mol. The third-order valence-electron chi connectivity index (χ3n) is 1.84. The second-order valence-electron chi connectivity index (χ2n) is 3.14. The molecule has 72 valence electrons. The summed E-state index contributed by atoms with van der Waals surface area (Å²) in [7, 11) is -3.16. The summed E-state index contributed by atoms with van der Waals surface area (Å²) in [5.74, 6) is 0. The third-order valence-corrected chi connectivity index (χ3v) is 3.46. The summed E-state index contributed by atoms with van der Waals surface area (Å²) in [5.41, 5.74) is 1.48. The molecule has 0 heterocycles. The van der Waals surface area contributed by atoms with Gasteiger partial charge in [0, 0.05) is 11.3 Å². The number of benzene rings is 1. The maximum Gasteiger partial charge on any atom is 0.175 e. The van der Waals surface area contributed by atoms with Crippen molar-refractivity contribution in [3.8, 4) is 0 Å². The standard InChI is InChI=1S/C9H11ClO2S/c1-6-4-8(10)7(2)9(5-6)13(3,11)12/h4-5H,1-3H3. The molecule has 0 unspecified atom stereocenters. The van der Waals surface area contributed by atoms with E-state index in [1.807, 2.05) is 6.92 Å². The molecule has 0 aromatic heterocycles. The molecule has 0 saturated carbocycles. The molecule has 0 aliphatic carbocycles. The number of hydrogen-bond donors (Lipinski definition) is 0. The molecule has 1 rings (SSSR count). The van der Waals surface area contributed by atoms with Crippen LogP contribution in [0.4, 0.5) is 0 Å². The zero-order chi connectivity index (χ0) is 10.2. The lowest BCUT2D eigenvalue weighted by molar-refractivity contribution is 0.601. The summed E-state index contributed by atoms with van der Waals surface area (Å²) in [6.07, 6.45) is 1.19. The summed E-state index contributed by atoms with van der Waals surface area (Å²) < 4.78 is 22.6. The second-order valence-corrected chi connectivity index (χ2v) is 5.53. The van der Waals surface area contributed by atoms with Gasteiger partial charge in [-0.2, -0.15) is 0 Å². The van der Waals surface area contributed by atoms with Gasteiger partial charge in [-0.1, -0.05) is 11.6 Å². The van der Waals surface area contributed by atoms with Gasteiger partial charge < -0.3 is 0 Å². The fraction of sp³-hybridized carbons (Fsp3) is 0.333. The molecule has 0 amide bonds. The largest absolute Gasteiger partial charge is 0.224 e. The molecule has 1 aromatic rings. The van der Waals surface area contributed by atoms with Gasteiger partial charge >= 0.3 is 0 Å². The lowest BCUT2D eigenvalue weighted by atomic mass is 10.2. The minimum Gasteiger partial charge on any atom is -0.224 e. The molecule has 0 radical (unpaired) electrons. The highest BCUT2D eigenvalue weighted by molar-refractivity contribution is 7.90. The van der Waals surface area contributed by atoms with E-state index < -0.39 is 9.84 Å². The molecular formula is C9H11ClO2S. The Morgan fingerprint density at radius 2 is 1.77 bits per heavy atom. The Morgan fingerprint density at radius 3 is 2.23 bits per heavy atom. The van der Waals surface area contributed by atoms with Crippen molar-refractivity contribution >= 4 is 21.4 Å². The van der Waals surface area contributed by atoms with Crippen LogP contribution < -0.4 is 0 Å². The predicted octanol–water partition coefficient (Wildman–Crippen LogP) is 2.36. The first-order chi connectivity index (χ1) is 5.82. The fourth-order valence-electron chi connectivity index (χ4n) is 1.17. The predicted molar refractivity (Wildman–Crippen MR) is 54.0 cm³/mol. The van der Waals surface area contributed by atoms with Gasteiger partial charge in [0.1, 0.15) is 0 Å². The first kappa shape index (κ1) is 10.5. The number of hydrogen-bond acceptors (Lipinski definition) is 2. The Balaban J connectivity index is 3.56. The molecule has 0 atom stereocenters. The Hall–Kier alpha value is -0.540. The molecule has 0 N–H and O–H groups in total. The highest BCUT2D eigenvalue weighted by Crippen LogP contribution is 2.24. The molecule has 2 nitrogen and oxygen atoms in total. The third kappa shape index (κ3) is 2.23. The smallest absolute Gasteiger partial charge is 0.175 e. The Bertz CT molecular complexity index is 435. The lowest BCUT2D eigenvalue weighted by Gasteiger charge is -2.06. The van der Waals surface area contributed by atoms with E-state index in [-0.39, 0.29) is 0 Å². The van der Waals surface area contributed by atoms with Crippen LogP contribution in [-0.2, 0) is 9.84 Å². The maximum absolute atomic E-state index is 11.3. The van der Waals surface area contributed by atoms with Crippen molar-refractivity contribution < 1.29 is 8.42 Å². The molecule has 0 aliphatic rings. The number of halogens is 1. The molecule has 0 aliphatic heterocycles. The topological polar surface area (TPSA) is 34.1 Å².